The minimum absolute atomic E-state index is 0.133. The summed E-state index contributed by atoms with van der Waals surface area (Å²) < 4.78 is 38.6. The van der Waals surface area contributed by atoms with Gasteiger partial charge in [0.25, 0.3) is 0 Å². The predicted octanol–water partition coefficient (Wildman–Crippen LogP) is 3.82. The van der Waals surface area contributed by atoms with E-state index in [1.165, 1.54) is 23.1 Å². The van der Waals surface area contributed by atoms with Crippen LogP contribution in [-0.4, -0.2) is 34.8 Å². The number of halogens is 3. The lowest BCUT2D eigenvalue weighted by atomic mass is 9.63. The highest BCUT2D eigenvalue weighted by Gasteiger charge is 2.61. The van der Waals surface area contributed by atoms with Crippen LogP contribution in [0.4, 0.5) is 24.5 Å². The molecule has 0 radical (unpaired) electrons. The minimum Gasteiger partial charge on any atom is -0.339 e. The average molecular weight is 401 g/mol. The first-order chi connectivity index (χ1) is 13.7. The lowest BCUT2D eigenvalue weighted by molar-refractivity contribution is -0.137. The summed E-state index contributed by atoms with van der Waals surface area (Å²) >= 11 is 0. The number of aromatic nitrogens is 1. The molecule has 2 aromatic rings. The smallest absolute Gasteiger partial charge is 0.339 e. The maximum atomic E-state index is 13.4. The van der Waals surface area contributed by atoms with E-state index in [0.717, 1.165) is 12.1 Å². The molecule has 150 valence electrons. The largest absolute Gasteiger partial charge is 0.416 e. The van der Waals surface area contributed by atoms with Gasteiger partial charge in [-0.15, -0.1) is 0 Å². The zero-order valence-electron chi connectivity index (χ0n) is 15.6. The third kappa shape index (κ3) is 2.82. The number of anilines is 2. The molecule has 0 unspecified atom stereocenters. The van der Waals surface area contributed by atoms with Gasteiger partial charge in [0.1, 0.15) is 0 Å². The van der Waals surface area contributed by atoms with Gasteiger partial charge in [0.05, 0.1) is 22.4 Å². The molecule has 1 aromatic heterocycles. The van der Waals surface area contributed by atoms with Crippen LogP contribution < -0.4 is 4.90 Å². The zero-order valence-corrected chi connectivity index (χ0v) is 15.6. The second kappa shape index (κ2) is 6.43. The summed E-state index contributed by atoms with van der Waals surface area (Å²) in [4.78, 5) is 32.7. The zero-order chi connectivity index (χ0) is 21.0. The fourth-order valence-electron chi connectivity index (χ4n) is 4.14. The van der Waals surface area contributed by atoms with Crippen molar-refractivity contribution in [3.05, 3.63) is 66.5 Å². The summed E-state index contributed by atoms with van der Waals surface area (Å²) in [7, 11) is 1.66. The molecule has 0 saturated heterocycles. The van der Waals surface area contributed by atoms with Crippen molar-refractivity contribution in [1.29, 1.82) is 0 Å². The number of rotatable bonds is 3. The molecule has 0 N–H and O–H groups in total. The highest BCUT2D eigenvalue weighted by atomic mass is 19.4. The Morgan fingerprint density at radius 3 is 2.52 bits per heavy atom. The fourth-order valence-corrected chi connectivity index (χ4v) is 4.14. The molecule has 5 nitrogen and oxygen atoms in total. The van der Waals surface area contributed by atoms with Gasteiger partial charge in [-0.1, -0.05) is 6.58 Å². The first-order valence-electron chi connectivity index (χ1n) is 9.05. The summed E-state index contributed by atoms with van der Waals surface area (Å²) in [6.07, 6.45) is -0.817. The number of benzene rings is 1. The lowest BCUT2D eigenvalue weighted by Gasteiger charge is -2.46. The molecule has 2 aliphatic rings. The molecule has 8 heteroatoms. The van der Waals surface area contributed by atoms with Crippen LogP contribution in [0, 0.1) is 0 Å². The van der Waals surface area contributed by atoms with Gasteiger partial charge in [0.15, 0.2) is 0 Å². The summed E-state index contributed by atoms with van der Waals surface area (Å²) in [6, 6.07) is 7.80. The number of hydrogen-bond donors (Lipinski definition) is 0. The minimum atomic E-state index is -4.45. The van der Waals surface area contributed by atoms with Gasteiger partial charge in [-0.05, 0) is 55.3 Å². The fraction of sp³-hybridized carbons (Fsp3) is 0.286. The number of carbonyl (C=O) groups is 2. The van der Waals surface area contributed by atoms with Gasteiger partial charge >= 0.3 is 6.18 Å². The van der Waals surface area contributed by atoms with Crippen LogP contribution in [0.5, 0.6) is 0 Å². The summed E-state index contributed by atoms with van der Waals surface area (Å²) in [5.41, 5.74) is -0.135. The van der Waals surface area contributed by atoms with Crippen LogP contribution in [0.1, 0.15) is 24.1 Å². The van der Waals surface area contributed by atoms with E-state index in [4.69, 9.17) is 0 Å². The molecule has 1 aliphatic carbocycles. The normalized spacial score (nSPS) is 23.0. The Balaban J connectivity index is 1.68. The highest BCUT2D eigenvalue weighted by Crippen LogP contribution is 2.55. The van der Waals surface area contributed by atoms with E-state index in [2.05, 4.69) is 11.6 Å². The number of hydrogen-bond acceptors (Lipinski definition) is 3. The van der Waals surface area contributed by atoms with Gasteiger partial charge in [-0.3, -0.25) is 19.5 Å². The molecule has 2 amide bonds. The molecule has 1 spiro atoms. The summed E-state index contributed by atoms with van der Waals surface area (Å²) in [5, 5.41) is 0. The van der Waals surface area contributed by atoms with Crippen molar-refractivity contribution in [1.82, 2.24) is 9.88 Å². The summed E-state index contributed by atoms with van der Waals surface area (Å²) in [6.45, 7) is 3.48. The van der Waals surface area contributed by atoms with Crippen LogP contribution >= 0.6 is 0 Å². The Hall–Kier alpha value is -3.16. The Morgan fingerprint density at radius 2 is 1.93 bits per heavy atom. The molecule has 0 atom stereocenters. The van der Waals surface area contributed by atoms with Gasteiger partial charge < -0.3 is 4.90 Å². The van der Waals surface area contributed by atoms with E-state index in [0.29, 0.717) is 29.9 Å². The van der Waals surface area contributed by atoms with Crippen molar-refractivity contribution in [2.45, 2.75) is 30.5 Å². The predicted molar refractivity (Wildman–Crippen MR) is 100 cm³/mol. The number of alkyl halides is 3. The molecule has 4 rings (SSSR count). The number of carbonyl (C=O) groups excluding carboxylic acids is 2. The second-order valence-corrected chi connectivity index (χ2v) is 7.35. The van der Waals surface area contributed by atoms with E-state index < -0.39 is 17.2 Å². The monoisotopic (exact) mass is 401 g/mol. The molecule has 29 heavy (non-hydrogen) atoms. The van der Waals surface area contributed by atoms with Crippen molar-refractivity contribution in [3.63, 3.8) is 0 Å². The quantitative estimate of drug-likeness (QED) is 0.735. The average Bonchev–Trinajstić information content (AvgIpc) is 2.93. The maximum Gasteiger partial charge on any atom is 0.416 e. The van der Waals surface area contributed by atoms with Crippen LogP contribution in [-0.2, 0) is 21.2 Å². The van der Waals surface area contributed by atoms with Gasteiger partial charge in [0, 0.05) is 25.0 Å². The molecule has 1 aromatic carbocycles. The van der Waals surface area contributed by atoms with Crippen molar-refractivity contribution in [2.24, 2.45) is 0 Å². The molecule has 1 aliphatic heterocycles. The Kier molecular flexibility index (Phi) is 4.25. The Bertz CT molecular complexity index is 995. The van der Waals surface area contributed by atoms with Crippen molar-refractivity contribution in [2.75, 3.05) is 11.9 Å². The molecule has 0 bridgehead atoms. The van der Waals surface area contributed by atoms with E-state index in [-0.39, 0.29) is 17.9 Å². The molecular weight excluding hydrogens is 383 g/mol. The van der Waals surface area contributed by atoms with Crippen LogP contribution in [0.25, 0.3) is 0 Å². The third-order valence-corrected chi connectivity index (χ3v) is 5.78. The third-order valence-electron chi connectivity index (χ3n) is 5.78. The maximum absolute atomic E-state index is 13.4. The van der Waals surface area contributed by atoms with E-state index in [9.17, 15) is 22.8 Å². The lowest BCUT2D eigenvalue weighted by Crippen LogP contribution is -2.57. The first kappa shape index (κ1) is 19.2. The number of nitrogens with zero attached hydrogens (tertiary/aromatic N) is 3. The number of likely N-dealkylation sites (N-methyl/N-ethyl adjacent to an activating group) is 1. The second-order valence-electron chi connectivity index (χ2n) is 7.35. The van der Waals surface area contributed by atoms with Crippen LogP contribution in [0.3, 0.4) is 0 Å². The number of pyridine rings is 1. The van der Waals surface area contributed by atoms with Crippen molar-refractivity contribution < 1.29 is 22.8 Å². The first-order valence-corrected chi connectivity index (χ1v) is 9.05. The Morgan fingerprint density at radius 1 is 1.28 bits per heavy atom. The number of fused-ring (bicyclic) bond motifs is 2. The topological polar surface area (TPSA) is 53.5 Å². The molecular formula is C21H18F3N3O2. The van der Waals surface area contributed by atoms with E-state index >= 15 is 0 Å². The number of amides is 2. The summed E-state index contributed by atoms with van der Waals surface area (Å²) in [5.74, 6) is -0.460. The van der Waals surface area contributed by atoms with Crippen LogP contribution in [0.15, 0.2) is 55.3 Å². The SMILES string of the molecule is C=CC(=O)N(C)C1CC2(C1)C(=O)N(c1ccc(C(F)(F)F)cc1)c1cccnc12. The van der Waals surface area contributed by atoms with Gasteiger partial charge in [-0.25, -0.2) is 0 Å². The van der Waals surface area contributed by atoms with Gasteiger partial charge in [0.2, 0.25) is 11.8 Å². The van der Waals surface area contributed by atoms with Crippen molar-refractivity contribution in [3.8, 4) is 0 Å². The van der Waals surface area contributed by atoms with E-state index in [1.54, 1.807) is 30.3 Å². The molecule has 1 saturated carbocycles. The molecule has 1 fully saturated rings. The highest BCUT2D eigenvalue weighted by molar-refractivity contribution is 6.13. The van der Waals surface area contributed by atoms with Gasteiger partial charge in [-0.2, -0.15) is 13.2 Å². The standard InChI is InChI=1S/C21H18F3N3O2/c1-3-17(28)26(2)15-11-20(12-15)18-16(5-4-10-25-18)27(19(20)29)14-8-6-13(7-9-14)21(22,23)24/h3-10,15H,1,11-12H2,2H3. The van der Waals surface area contributed by atoms with Crippen LogP contribution in [0.2, 0.25) is 0 Å². The molecule has 2 heterocycles. The van der Waals surface area contributed by atoms with Crippen molar-refractivity contribution >= 4 is 23.2 Å². The Labute approximate surface area is 165 Å². The van der Waals surface area contributed by atoms with E-state index in [1.807, 2.05) is 0 Å².